The van der Waals surface area contributed by atoms with E-state index in [0.29, 0.717) is 24.7 Å². The summed E-state index contributed by atoms with van der Waals surface area (Å²) in [6.07, 6.45) is 3.42. The molecule has 0 amide bonds. The van der Waals surface area contributed by atoms with Crippen molar-refractivity contribution < 1.29 is 14.2 Å². The predicted octanol–water partition coefficient (Wildman–Crippen LogP) is 3.39. The third-order valence-electron chi connectivity index (χ3n) is 3.31. The number of nitrogens with zero attached hydrogens (tertiary/aromatic N) is 1. The Morgan fingerprint density at radius 3 is 2.58 bits per heavy atom. The normalized spacial score (nSPS) is 10.4. The maximum absolute atomic E-state index is 5.52. The molecule has 0 bridgehead atoms. The Morgan fingerprint density at radius 1 is 1.04 bits per heavy atom. The van der Waals surface area contributed by atoms with Gasteiger partial charge in [-0.05, 0) is 29.8 Å². The van der Waals surface area contributed by atoms with E-state index in [4.69, 9.17) is 14.2 Å². The molecule has 0 spiro atoms. The summed E-state index contributed by atoms with van der Waals surface area (Å²) in [5, 5.41) is 4.24. The van der Waals surface area contributed by atoms with Gasteiger partial charge >= 0.3 is 0 Å². The molecule has 0 saturated carbocycles. The van der Waals surface area contributed by atoms with Gasteiger partial charge in [0.2, 0.25) is 0 Å². The van der Waals surface area contributed by atoms with Gasteiger partial charge in [-0.1, -0.05) is 30.9 Å². The lowest BCUT2D eigenvalue weighted by molar-refractivity contribution is 0.326. The molecule has 2 rings (SSSR count). The average Bonchev–Trinajstić information content (AvgIpc) is 2.64. The summed E-state index contributed by atoms with van der Waals surface area (Å²) in [5.74, 6) is 2.17. The molecule has 24 heavy (non-hydrogen) atoms. The van der Waals surface area contributed by atoms with Gasteiger partial charge in [0.05, 0.1) is 27.0 Å². The topological polar surface area (TPSA) is 52.1 Å². The smallest absolute Gasteiger partial charge is 0.161 e. The zero-order valence-electron chi connectivity index (χ0n) is 14.0. The molecule has 126 valence electrons. The Bertz CT molecular complexity index is 699. The summed E-state index contributed by atoms with van der Waals surface area (Å²) in [6.45, 7) is 4.65. The second-order valence-electron chi connectivity index (χ2n) is 4.91. The molecule has 5 nitrogen and oxygen atoms in total. The van der Waals surface area contributed by atoms with E-state index >= 15 is 0 Å². The van der Waals surface area contributed by atoms with Gasteiger partial charge in [0.25, 0.3) is 0 Å². The lowest BCUT2D eigenvalue weighted by atomic mass is 10.2. The molecule has 0 aromatic heterocycles. The Balaban J connectivity index is 1.97. The van der Waals surface area contributed by atoms with Crippen LogP contribution in [-0.4, -0.2) is 27.0 Å². The first-order valence-electron chi connectivity index (χ1n) is 7.58. The molecule has 2 aromatic rings. The minimum absolute atomic E-state index is 0.435. The number of hydrazone groups is 1. The summed E-state index contributed by atoms with van der Waals surface area (Å²) in [7, 11) is 3.27. The monoisotopic (exact) mass is 326 g/mol. The number of rotatable bonds is 9. The third-order valence-corrected chi connectivity index (χ3v) is 3.31. The minimum Gasteiger partial charge on any atom is -0.496 e. The number of ether oxygens (including phenoxy) is 3. The molecule has 5 heteroatoms. The standard InChI is InChI=1S/C19H22N2O3/c1-4-11-24-18-10-9-15(12-19(18)23-3)13-20-21-14-16-7-5-6-8-17(16)22-2/h4-10,12-13,21H,1,11,14H2,2-3H3/b20-13+. The van der Waals surface area contributed by atoms with Gasteiger partial charge in [-0.25, -0.2) is 0 Å². The Hall–Kier alpha value is -2.95. The highest BCUT2D eigenvalue weighted by atomic mass is 16.5. The highest BCUT2D eigenvalue weighted by molar-refractivity contribution is 5.80. The van der Waals surface area contributed by atoms with E-state index in [-0.39, 0.29) is 0 Å². The molecule has 0 unspecified atom stereocenters. The number of hydrogen-bond acceptors (Lipinski definition) is 5. The first-order chi connectivity index (χ1) is 11.8. The summed E-state index contributed by atoms with van der Waals surface area (Å²) in [4.78, 5) is 0. The Kier molecular flexibility index (Phi) is 6.71. The highest BCUT2D eigenvalue weighted by Crippen LogP contribution is 2.27. The van der Waals surface area contributed by atoms with Crippen molar-refractivity contribution in [1.82, 2.24) is 5.43 Å². The number of benzene rings is 2. The lowest BCUT2D eigenvalue weighted by Crippen LogP contribution is -2.07. The maximum Gasteiger partial charge on any atom is 0.161 e. The minimum atomic E-state index is 0.435. The van der Waals surface area contributed by atoms with E-state index < -0.39 is 0 Å². The van der Waals surface area contributed by atoms with Gasteiger partial charge in [-0.15, -0.1) is 0 Å². The first kappa shape index (κ1) is 17.4. The second kappa shape index (κ2) is 9.25. The van der Waals surface area contributed by atoms with Crippen molar-refractivity contribution in [3.63, 3.8) is 0 Å². The molecule has 0 heterocycles. The van der Waals surface area contributed by atoms with E-state index in [1.807, 2.05) is 42.5 Å². The van der Waals surface area contributed by atoms with Crippen LogP contribution in [0.15, 0.2) is 60.2 Å². The van der Waals surface area contributed by atoms with Crippen molar-refractivity contribution in [3.8, 4) is 17.2 Å². The van der Waals surface area contributed by atoms with Crippen molar-refractivity contribution in [2.75, 3.05) is 20.8 Å². The lowest BCUT2D eigenvalue weighted by Gasteiger charge is -2.09. The molecule has 0 atom stereocenters. The third kappa shape index (κ3) is 4.78. The summed E-state index contributed by atoms with van der Waals surface area (Å²) in [5.41, 5.74) is 4.97. The Morgan fingerprint density at radius 2 is 1.83 bits per heavy atom. The van der Waals surface area contributed by atoms with Crippen LogP contribution in [0.5, 0.6) is 17.2 Å². The first-order valence-corrected chi connectivity index (χ1v) is 7.58. The average molecular weight is 326 g/mol. The number of methoxy groups -OCH3 is 2. The molecular formula is C19H22N2O3. The zero-order valence-corrected chi connectivity index (χ0v) is 14.0. The van der Waals surface area contributed by atoms with Crippen molar-refractivity contribution >= 4 is 6.21 Å². The van der Waals surface area contributed by atoms with Crippen LogP contribution in [-0.2, 0) is 6.54 Å². The fourth-order valence-electron chi connectivity index (χ4n) is 2.13. The van der Waals surface area contributed by atoms with Crippen LogP contribution >= 0.6 is 0 Å². The van der Waals surface area contributed by atoms with Crippen molar-refractivity contribution in [2.24, 2.45) is 5.10 Å². The van der Waals surface area contributed by atoms with Gasteiger partial charge in [-0.2, -0.15) is 5.10 Å². The molecule has 0 aliphatic heterocycles. The van der Waals surface area contributed by atoms with Crippen LogP contribution in [0.1, 0.15) is 11.1 Å². The maximum atomic E-state index is 5.52. The van der Waals surface area contributed by atoms with Gasteiger partial charge < -0.3 is 19.6 Å². The Labute approximate surface area is 142 Å². The fraction of sp³-hybridized carbons (Fsp3) is 0.211. The van der Waals surface area contributed by atoms with Gasteiger partial charge in [-0.3, -0.25) is 0 Å². The van der Waals surface area contributed by atoms with E-state index in [9.17, 15) is 0 Å². The van der Waals surface area contributed by atoms with Gasteiger partial charge in [0, 0.05) is 5.56 Å². The summed E-state index contributed by atoms with van der Waals surface area (Å²) < 4.78 is 16.2. The highest BCUT2D eigenvalue weighted by Gasteiger charge is 2.04. The van der Waals surface area contributed by atoms with E-state index in [0.717, 1.165) is 16.9 Å². The number of para-hydroxylation sites is 1. The van der Waals surface area contributed by atoms with Crippen LogP contribution in [0.4, 0.5) is 0 Å². The molecule has 0 fully saturated rings. The fourth-order valence-corrected chi connectivity index (χ4v) is 2.13. The molecule has 0 radical (unpaired) electrons. The van der Waals surface area contributed by atoms with Crippen LogP contribution in [0.2, 0.25) is 0 Å². The van der Waals surface area contributed by atoms with Gasteiger partial charge in [0.1, 0.15) is 12.4 Å². The molecule has 0 saturated heterocycles. The quantitative estimate of drug-likeness (QED) is 0.436. The zero-order chi connectivity index (χ0) is 17.2. The SMILES string of the molecule is C=CCOc1ccc(/C=N/NCc2ccccc2OC)cc1OC. The predicted molar refractivity (Wildman–Crippen MR) is 96.1 cm³/mol. The van der Waals surface area contributed by atoms with Crippen LogP contribution in [0.25, 0.3) is 0 Å². The molecule has 0 aliphatic rings. The van der Waals surface area contributed by atoms with Gasteiger partial charge in [0.15, 0.2) is 11.5 Å². The number of hydrogen-bond donors (Lipinski definition) is 1. The largest absolute Gasteiger partial charge is 0.496 e. The number of nitrogens with one attached hydrogen (secondary N) is 1. The van der Waals surface area contributed by atoms with Crippen LogP contribution in [0, 0.1) is 0 Å². The molecule has 2 aromatic carbocycles. The van der Waals surface area contributed by atoms with E-state index in [1.54, 1.807) is 26.5 Å². The summed E-state index contributed by atoms with van der Waals surface area (Å²) in [6, 6.07) is 13.5. The molecular weight excluding hydrogens is 304 g/mol. The van der Waals surface area contributed by atoms with Crippen LogP contribution < -0.4 is 19.6 Å². The second-order valence-corrected chi connectivity index (χ2v) is 4.91. The van der Waals surface area contributed by atoms with E-state index in [1.165, 1.54) is 0 Å². The van der Waals surface area contributed by atoms with Crippen molar-refractivity contribution in [1.29, 1.82) is 0 Å². The van der Waals surface area contributed by atoms with Crippen LogP contribution in [0.3, 0.4) is 0 Å². The van der Waals surface area contributed by atoms with E-state index in [2.05, 4.69) is 17.1 Å². The molecule has 1 N–H and O–H groups in total. The van der Waals surface area contributed by atoms with Crippen molar-refractivity contribution in [2.45, 2.75) is 6.54 Å². The summed E-state index contributed by atoms with van der Waals surface area (Å²) >= 11 is 0. The van der Waals surface area contributed by atoms with Crippen molar-refractivity contribution in [3.05, 3.63) is 66.2 Å². The molecule has 0 aliphatic carbocycles.